The van der Waals surface area contributed by atoms with Crippen LogP contribution < -0.4 is 9.80 Å². The molecule has 0 saturated carbocycles. The van der Waals surface area contributed by atoms with Crippen LogP contribution in [0.15, 0.2) is 303 Å². The molecule has 2 aromatic heterocycles. The molecule has 0 unspecified atom stereocenters. The maximum Gasteiger partial charge on any atom is 0.0619 e. The van der Waals surface area contributed by atoms with Gasteiger partial charge in [0.1, 0.15) is 0 Å². The number of aryl methyl sites for hydroxylation is 4. The van der Waals surface area contributed by atoms with Crippen LogP contribution >= 0.6 is 0 Å². The molecule has 12 aromatic carbocycles. The van der Waals surface area contributed by atoms with E-state index in [1.165, 1.54) is 44.2 Å². The Labute approximate surface area is 492 Å². The van der Waals surface area contributed by atoms with E-state index >= 15 is 0 Å². The van der Waals surface area contributed by atoms with Gasteiger partial charge in [0, 0.05) is 67.4 Å². The molecular weight excluding hydrogens is 1020 g/mol. The van der Waals surface area contributed by atoms with Crippen molar-refractivity contribution in [3.63, 3.8) is 0 Å². The molecule has 4 nitrogen and oxygen atoms in total. The number of nitrogens with zero attached hydrogens (tertiary/aromatic N) is 4. The van der Waals surface area contributed by atoms with E-state index < -0.39 is 0 Å². The van der Waals surface area contributed by atoms with Crippen molar-refractivity contribution in [3.05, 3.63) is 326 Å². The lowest BCUT2D eigenvalue weighted by Gasteiger charge is -2.26. The van der Waals surface area contributed by atoms with E-state index in [4.69, 9.17) is 0 Å². The van der Waals surface area contributed by atoms with Crippen LogP contribution in [0.1, 0.15) is 22.3 Å². The van der Waals surface area contributed by atoms with E-state index in [1.54, 1.807) is 0 Å². The van der Waals surface area contributed by atoms with Crippen molar-refractivity contribution in [2.24, 2.45) is 0 Å². The minimum atomic E-state index is 1.08. The molecule has 0 N–H and O–H groups in total. The number of hydrogen-bond acceptors (Lipinski definition) is 2. The highest BCUT2D eigenvalue weighted by atomic mass is 15.1. The largest absolute Gasteiger partial charge is 0.311 e. The van der Waals surface area contributed by atoms with Crippen LogP contribution in [0.25, 0.3) is 89.1 Å². The van der Waals surface area contributed by atoms with Crippen LogP contribution in [0.4, 0.5) is 34.1 Å². The summed E-state index contributed by atoms with van der Waals surface area (Å²) in [7, 11) is 0. The van der Waals surface area contributed by atoms with E-state index in [0.29, 0.717) is 0 Å². The lowest BCUT2D eigenvalue weighted by molar-refractivity contribution is 1.13. The van der Waals surface area contributed by atoms with Crippen molar-refractivity contribution in [3.8, 4) is 67.3 Å². The number of anilines is 6. The minimum absolute atomic E-state index is 1.08. The van der Waals surface area contributed by atoms with Crippen molar-refractivity contribution in [1.29, 1.82) is 0 Å². The quantitative estimate of drug-likeness (QED) is 0.114. The van der Waals surface area contributed by atoms with Crippen LogP contribution in [0.2, 0.25) is 0 Å². The van der Waals surface area contributed by atoms with Gasteiger partial charge in [-0.1, -0.05) is 204 Å². The number of hydrogen-bond donors (Lipinski definition) is 0. The molecule has 402 valence electrons. The van der Waals surface area contributed by atoms with Gasteiger partial charge in [0.25, 0.3) is 0 Å². The first kappa shape index (κ1) is 51.5. The SMILES string of the molecule is Cc1ccc(N(c2ccc(C)cc2)c2ccc(-n3c(-c4ccccc4)c(-c4ccccc4)c4cc(-c5ccc6c(c5)c(-c5ccccc5)c(-c5ccccc5)n6-c5ccc(N(c6ccc(C)cc6)c6ccc(C)cc6)cc5)ccc43)cc2)cc1. The summed E-state index contributed by atoms with van der Waals surface area (Å²) in [4.78, 5) is 4.69. The fraction of sp³-hybridized carbons (Fsp3) is 0.0500. The molecule has 0 atom stereocenters. The number of fused-ring (bicyclic) bond motifs is 2. The maximum atomic E-state index is 2.47. The molecular formula is C80H62N4. The molecule has 0 spiro atoms. The van der Waals surface area contributed by atoms with Gasteiger partial charge in [0.15, 0.2) is 0 Å². The summed E-state index contributed by atoms with van der Waals surface area (Å²) in [5, 5.41) is 2.36. The Balaban J connectivity index is 0.946. The molecule has 0 fully saturated rings. The molecule has 0 amide bonds. The number of benzene rings is 12. The van der Waals surface area contributed by atoms with Gasteiger partial charge >= 0.3 is 0 Å². The summed E-state index contributed by atoms with van der Waals surface area (Å²) < 4.78 is 4.94. The van der Waals surface area contributed by atoms with Gasteiger partial charge < -0.3 is 18.9 Å². The first-order valence-electron chi connectivity index (χ1n) is 29.0. The average Bonchev–Trinajstić information content (AvgIpc) is 2.05. The zero-order valence-corrected chi connectivity index (χ0v) is 47.7. The van der Waals surface area contributed by atoms with Gasteiger partial charge in [-0.25, -0.2) is 0 Å². The predicted molar refractivity (Wildman–Crippen MR) is 356 cm³/mol. The first-order valence-corrected chi connectivity index (χ1v) is 29.0. The highest BCUT2D eigenvalue weighted by Gasteiger charge is 2.26. The van der Waals surface area contributed by atoms with Crippen LogP contribution in [0.5, 0.6) is 0 Å². The number of rotatable bonds is 13. The Morgan fingerprint density at radius 3 is 0.750 bits per heavy atom. The standard InChI is InChI=1S/C80H62N4/c1-55-25-35-65(36-26-55)81(66-37-27-56(2)28-38-66)69-43-47-71(48-44-69)83-75-51-33-63(53-73(75)77(59-17-9-5-10-18-59)79(83)61-21-13-7-14-22-61)64-34-52-76-74(54-64)78(60-19-11-6-12-20-60)80(62-23-15-8-16-24-62)84(76)72-49-45-70(46-50-72)82(67-39-29-57(3)30-40-67)68-41-31-58(4)32-42-68/h5-54H,1-4H3. The summed E-state index contributed by atoms with van der Waals surface area (Å²) in [5.74, 6) is 0. The Kier molecular flexibility index (Phi) is 13.5. The molecule has 14 aromatic rings. The summed E-state index contributed by atoms with van der Waals surface area (Å²) in [5.41, 5.74) is 27.6. The fourth-order valence-electron chi connectivity index (χ4n) is 12.2. The molecule has 0 bridgehead atoms. The highest BCUT2D eigenvalue weighted by Crippen LogP contribution is 2.48. The summed E-state index contributed by atoms with van der Waals surface area (Å²) >= 11 is 0. The molecule has 0 aliphatic carbocycles. The van der Waals surface area contributed by atoms with Gasteiger partial charge in [0.2, 0.25) is 0 Å². The third-order valence-corrected chi connectivity index (χ3v) is 16.4. The van der Waals surface area contributed by atoms with Crippen molar-refractivity contribution < 1.29 is 0 Å². The lowest BCUT2D eigenvalue weighted by atomic mass is 9.94. The van der Waals surface area contributed by atoms with Gasteiger partial charge in [-0.15, -0.1) is 0 Å². The smallest absolute Gasteiger partial charge is 0.0619 e. The third kappa shape index (κ3) is 9.63. The average molecular weight is 1080 g/mol. The Morgan fingerprint density at radius 1 is 0.226 bits per heavy atom. The van der Waals surface area contributed by atoms with Crippen LogP contribution in [0.3, 0.4) is 0 Å². The molecule has 2 heterocycles. The first-order chi connectivity index (χ1) is 41.3. The summed E-state index contributed by atoms with van der Waals surface area (Å²) in [6.45, 7) is 8.56. The minimum Gasteiger partial charge on any atom is -0.311 e. The molecule has 4 heteroatoms. The van der Waals surface area contributed by atoms with E-state index in [2.05, 4.69) is 350 Å². The monoisotopic (exact) mass is 1080 g/mol. The van der Waals surface area contributed by atoms with Crippen LogP contribution in [-0.4, -0.2) is 9.13 Å². The molecule has 0 aliphatic rings. The second-order valence-electron chi connectivity index (χ2n) is 22.1. The Bertz CT molecular complexity index is 4210. The van der Waals surface area contributed by atoms with Crippen molar-refractivity contribution in [2.75, 3.05) is 9.80 Å². The van der Waals surface area contributed by atoms with Gasteiger partial charge in [-0.05, 0) is 182 Å². The second-order valence-corrected chi connectivity index (χ2v) is 22.1. The second kappa shape index (κ2) is 22.0. The normalized spacial score (nSPS) is 11.3. The lowest BCUT2D eigenvalue weighted by Crippen LogP contribution is -2.10. The van der Waals surface area contributed by atoms with E-state index in [1.807, 2.05) is 0 Å². The molecule has 84 heavy (non-hydrogen) atoms. The fourth-order valence-corrected chi connectivity index (χ4v) is 12.2. The zero-order chi connectivity index (χ0) is 56.7. The van der Waals surface area contributed by atoms with Crippen molar-refractivity contribution >= 4 is 55.9 Å². The van der Waals surface area contributed by atoms with Crippen molar-refractivity contribution in [2.45, 2.75) is 27.7 Å². The van der Waals surface area contributed by atoms with E-state index in [0.717, 1.165) is 101 Å². The maximum absolute atomic E-state index is 2.47. The van der Waals surface area contributed by atoms with Crippen molar-refractivity contribution in [1.82, 2.24) is 9.13 Å². The topological polar surface area (TPSA) is 16.3 Å². The molecule has 0 aliphatic heterocycles. The summed E-state index contributed by atoms with van der Waals surface area (Å²) in [6.07, 6.45) is 0. The zero-order valence-electron chi connectivity index (χ0n) is 47.7. The van der Waals surface area contributed by atoms with Gasteiger partial charge in [0.05, 0.1) is 22.4 Å². The van der Waals surface area contributed by atoms with Gasteiger partial charge in [-0.2, -0.15) is 0 Å². The predicted octanol–water partition coefficient (Wildman–Crippen LogP) is 22.1. The molecule has 0 radical (unpaired) electrons. The third-order valence-electron chi connectivity index (χ3n) is 16.4. The van der Waals surface area contributed by atoms with E-state index in [-0.39, 0.29) is 0 Å². The van der Waals surface area contributed by atoms with E-state index in [9.17, 15) is 0 Å². The molecule has 0 saturated heterocycles. The highest BCUT2D eigenvalue weighted by molar-refractivity contribution is 6.10. The molecule has 14 rings (SSSR count). The summed E-state index contributed by atoms with van der Waals surface area (Å²) in [6, 6.07) is 111. The number of aromatic nitrogens is 2. The Hall–Kier alpha value is -10.7. The Morgan fingerprint density at radius 2 is 0.476 bits per heavy atom. The van der Waals surface area contributed by atoms with Crippen LogP contribution in [0, 0.1) is 27.7 Å². The van der Waals surface area contributed by atoms with Crippen LogP contribution in [-0.2, 0) is 0 Å². The van der Waals surface area contributed by atoms with Gasteiger partial charge in [-0.3, -0.25) is 0 Å².